The highest BCUT2D eigenvalue weighted by molar-refractivity contribution is 6.17. The topological polar surface area (TPSA) is 17.8 Å². The largest absolute Gasteiger partial charge is 0.328 e. The Kier molecular flexibility index (Phi) is 4.30. The van der Waals surface area contributed by atoms with Crippen LogP contribution in [0.3, 0.4) is 0 Å². The van der Waals surface area contributed by atoms with Gasteiger partial charge >= 0.3 is 0 Å². The van der Waals surface area contributed by atoms with E-state index in [-0.39, 0.29) is 0 Å². The molecule has 20 heavy (non-hydrogen) atoms. The summed E-state index contributed by atoms with van der Waals surface area (Å²) in [7, 11) is 0. The zero-order valence-corrected chi connectivity index (χ0v) is 12.9. The van der Waals surface area contributed by atoms with Crippen molar-refractivity contribution in [2.24, 2.45) is 11.8 Å². The number of alkyl halides is 1. The molecule has 0 spiro atoms. The summed E-state index contributed by atoms with van der Waals surface area (Å²) in [6.07, 6.45) is 6.37. The number of nitrogens with zero attached hydrogens (tertiary/aromatic N) is 2. The average molecular weight is 291 g/mol. The number of imidazole rings is 1. The maximum Gasteiger partial charge on any atom is 0.111 e. The Morgan fingerprint density at radius 3 is 2.85 bits per heavy atom. The number of halogens is 1. The van der Waals surface area contributed by atoms with Gasteiger partial charge in [-0.25, -0.2) is 4.98 Å². The first kappa shape index (κ1) is 13.9. The van der Waals surface area contributed by atoms with Gasteiger partial charge in [-0.1, -0.05) is 38.3 Å². The van der Waals surface area contributed by atoms with Crippen molar-refractivity contribution in [3.63, 3.8) is 0 Å². The quantitative estimate of drug-likeness (QED) is 0.750. The molecule has 2 atom stereocenters. The van der Waals surface area contributed by atoms with Crippen LogP contribution in [0.15, 0.2) is 24.3 Å². The molecule has 0 amide bonds. The van der Waals surface area contributed by atoms with Gasteiger partial charge in [-0.3, -0.25) is 0 Å². The zero-order valence-electron chi connectivity index (χ0n) is 12.2. The average Bonchev–Trinajstić information content (AvgIpc) is 2.80. The number of hydrogen-bond donors (Lipinski definition) is 0. The number of rotatable bonds is 4. The van der Waals surface area contributed by atoms with Crippen LogP contribution in [-0.4, -0.2) is 15.4 Å². The predicted molar refractivity (Wildman–Crippen MR) is 85.3 cm³/mol. The van der Waals surface area contributed by atoms with E-state index in [0.29, 0.717) is 5.88 Å². The van der Waals surface area contributed by atoms with Gasteiger partial charge in [0.1, 0.15) is 5.82 Å². The van der Waals surface area contributed by atoms with Crippen molar-refractivity contribution in [1.29, 1.82) is 0 Å². The molecule has 1 saturated carbocycles. The maximum absolute atomic E-state index is 5.95. The number of aryl methyl sites for hydroxylation is 1. The molecule has 1 aliphatic rings. The summed E-state index contributed by atoms with van der Waals surface area (Å²) in [6, 6.07) is 8.46. The van der Waals surface area contributed by atoms with Crippen LogP contribution in [0.2, 0.25) is 0 Å². The molecule has 1 fully saturated rings. The summed E-state index contributed by atoms with van der Waals surface area (Å²) in [4.78, 5) is 4.77. The lowest BCUT2D eigenvalue weighted by Gasteiger charge is -2.29. The van der Waals surface area contributed by atoms with Gasteiger partial charge in [-0.2, -0.15) is 0 Å². The molecule has 0 aliphatic heterocycles. The second-order valence-corrected chi connectivity index (χ2v) is 6.47. The van der Waals surface area contributed by atoms with Gasteiger partial charge in [0, 0.05) is 18.8 Å². The van der Waals surface area contributed by atoms with Crippen LogP contribution in [0.5, 0.6) is 0 Å². The molecule has 0 N–H and O–H groups in total. The van der Waals surface area contributed by atoms with Gasteiger partial charge in [-0.05, 0) is 30.4 Å². The lowest BCUT2D eigenvalue weighted by atomic mass is 9.80. The number of benzene rings is 1. The first-order chi connectivity index (χ1) is 9.79. The SMILES string of the molecule is CC1CCCCC1Cn1c(CCCl)nc2ccccc21. The van der Waals surface area contributed by atoms with E-state index in [4.69, 9.17) is 16.6 Å². The van der Waals surface area contributed by atoms with Crippen LogP contribution >= 0.6 is 11.6 Å². The first-order valence-corrected chi connectivity index (χ1v) is 8.33. The lowest BCUT2D eigenvalue weighted by Crippen LogP contribution is -2.23. The van der Waals surface area contributed by atoms with E-state index in [9.17, 15) is 0 Å². The summed E-state index contributed by atoms with van der Waals surface area (Å²) in [5.41, 5.74) is 2.38. The molecule has 0 radical (unpaired) electrons. The second kappa shape index (κ2) is 6.17. The molecule has 1 aromatic carbocycles. The van der Waals surface area contributed by atoms with Crippen molar-refractivity contribution < 1.29 is 0 Å². The third kappa shape index (κ3) is 2.71. The number of fused-ring (bicyclic) bond motifs is 1. The summed E-state index contributed by atoms with van der Waals surface area (Å²) >= 11 is 5.95. The van der Waals surface area contributed by atoms with Crippen molar-refractivity contribution in [3.05, 3.63) is 30.1 Å². The van der Waals surface area contributed by atoms with Gasteiger partial charge in [0.05, 0.1) is 11.0 Å². The van der Waals surface area contributed by atoms with Crippen LogP contribution in [0.25, 0.3) is 11.0 Å². The molecule has 1 aliphatic carbocycles. The fourth-order valence-corrected chi connectivity index (χ4v) is 3.67. The standard InChI is InChI=1S/C17H23ClN2/c1-13-6-2-3-7-14(13)12-20-16-9-5-4-8-15(16)19-17(20)10-11-18/h4-5,8-9,13-14H,2-3,6-7,10-12H2,1H3. The summed E-state index contributed by atoms with van der Waals surface area (Å²) in [6.45, 7) is 3.51. The van der Waals surface area contributed by atoms with E-state index in [2.05, 4.69) is 35.8 Å². The first-order valence-electron chi connectivity index (χ1n) is 7.79. The molecular formula is C17H23ClN2. The van der Waals surface area contributed by atoms with E-state index >= 15 is 0 Å². The third-order valence-corrected chi connectivity index (χ3v) is 4.95. The lowest BCUT2D eigenvalue weighted by molar-refractivity contribution is 0.229. The van der Waals surface area contributed by atoms with Crippen LogP contribution in [0.1, 0.15) is 38.4 Å². The third-order valence-electron chi connectivity index (χ3n) is 4.76. The van der Waals surface area contributed by atoms with Crippen molar-refractivity contribution in [2.45, 2.75) is 45.6 Å². The Morgan fingerprint density at radius 2 is 2.05 bits per heavy atom. The van der Waals surface area contributed by atoms with Gasteiger partial charge in [0.15, 0.2) is 0 Å². The Bertz CT molecular complexity index is 575. The van der Waals surface area contributed by atoms with E-state index in [0.717, 1.165) is 36.1 Å². The fraction of sp³-hybridized carbons (Fsp3) is 0.588. The molecule has 0 saturated heterocycles. The van der Waals surface area contributed by atoms with Gasteiger partial charge in [0.25, 0.3) is 0 Å². The maximum atomic E-state index is 5.95. The van der Waals surface area contributed by atoms with Gasteiger partial charge < -0.3 is 4.57 Å². The van der Waals surface area contributed by atoms with Crippen LogP contribution < -0.4 is 0 Å². The number of para-hydroxylation sites is 2. The molecule has 1 heterocycles. The van der Waals surface area contributed by atoms with Crippen molar-refractivity contribution in [2.75, 3.05) is 5.88 Å². The highest BCUT2D eigenvalue weighted by Gasteiger charge is 2.23. The number of hydrogen-bond acceptors (Lipinski definition) is 1. The molecule has 2 unspecified atom stereocenters. The van der Waals surface area contributed by atoms with E-state index in [1.165, 1.54) is 31.2 Å². The molecule has 0 bridgehead atoms. The molecule has 1 aromatic heterocycles. The van der Waals surface area contributed by atoms with Gasteiger partial charge in [0.2, 0.25) is 0 Å². The molecular weight excluding hydrogens is 268 g/mol. The van der Waals surface area contributed by atoms with E-state index in [1.54, 1.807) is 0 Å². The van der Waals surface area contributed by atoms with Crippen molar-refractivity contribution >= 4 is 22.6 Å². The predicted octanol–water partition coefficient (Wildman–Crippen LogP) is 4.64. The fourth-order valence-electron chi connectivity index (χ4n) is 3.50. The zero-order chi connectivity index (χ0) is 13.9. The highest BCUT2D eigenvalue weighted by Crippen LogP contribution is 2.32. The molecule has 3 heteroatoms. The minimum atomic E-state index is 0.642. The molecule has 2 aromatic rings. The summed E-state index contributed by atoms with van der Waals surface area (Å²) < 4.78 is 2.42. The summed E-state index contributed by atoms with van der Waals surface area (Å²) in [5.74, 6) is 3.41. The monoisotopic (exact) mass is 290 g/mol. The minimum Gasteiger partial charge on any atom is -0.328 e. The van der Waals surface area contributed by atoms with Gasteiger partial charge in [-0.15, -0.1) is 11.6 Å². The Hall–Kier alpha value is -1.02. The van der Waals surface area contributed by atoms with Crippen LogP contribution in [-0.2, 0) is 13.0 Å². The van der Waals surface area contributed by atoms with Crippen molar-refractivity contribution in [1.82, 2.24) is 9.55 Å². The highest BCUT2D eigenvalue weighted by atomic mass is 35.5. The number of aromatic nitrogens is 2. The van der Waals surface area contributed by atoms with Crippen LogP contribution in [0.4, 0.5) is 0 Å². The second-order valence-electron chi connectivity index (χ2n) is 6.09. The van der Waals surface area contributed by atoms with E-state index in [1.807, 2.05) is 0 Å². The summed E-state index contributed by atoms with van der Waals surface area (Å²) in [5, 5.41) is 0. The Morgan fingerprint density at radius 1 is 1.25 bits per heavy atom. The smallest absolute Gasteiger partial charge is 0.111 e. The Labute approximate surface area is 126 Å². The van der Waals surface area contributed by atoms with Crippen molar-refractivity contribution in [3.8, 4) is 0 Å². The Balaban J connectivity index is 1.93. The molecule has 3 rings (SSSR count). The normalized spacial score (nSPS) is 23.3. The molecule has 108 valence electrons. The minimum absolute atomic E-state index is 0.642. The van der Waals surface area contributed by atoms with E-state index < -0.39 is 0 Å². The van der Waals surface area contributed by atoms with Crippen LogP contribution in [0, 0.1) is 11.8 Å². The molecule has 2 nitrogen and oxygen atoms in total.